The van der Waals surface area contributed by atoms with E-state index >= 15 is 0 Å². The van der Waals surface area contributed by atoms with Gasteiger partial charge in [0.2, 0.25) is 0 Å². The Hall–Kier alpha value is -1.48. The van der Waals surface area contributed by atoms with E-state index in [4.69, 9.17) is 10.5 Å². The van der Waals surface area contributed by atoms with Crippen molar-refractivity contribution in [2.45, 2.75) is 0 Å². The standard InChI is InChI=1S/C12H18N2O/c1-10(8-13)9-15-12-6-4-5-11(7-12)14(2)3/h4-7H,1,8-9,13H2,2-3H3. The molecule has 3 heteroatoms. The average Bonchev–Trinajstić information content (AvgIpc) is 2.26. The molecule has 1 aromatic carbocycles. The van der Waals surface area contributed by atoms with Crippen LogP contribution in [-0.4, -0.2) is 27.2 Å². The molecule has 15 heavy (non-hydrogen) atoms. The second-order valence-electron chi connectivity index (χ2n) is 3.63. The Labute approximate surface area is 91.1 Å². The molecule has 0 saturated carbocycles. The second-order valence-corrected chi connectivity index (χ2v) is 3.63. The van der Waals surface area contributed by atoms with E-state index in [1.165, 1.54) is 0 Å². The number of nitrogens with zero attached hydrogens (tertiary/aromatic N) is 1. The fourth-order valence-electron chi connectivity index (χ4n) is 1.10. The Bertz CT molecular complexity index is 334. The number of rotatable bonds is 5. The summed E-state index contributed by atoms with van der Waals surface area (Å²) < 4.78 is 5.54. The quantitative estimate of drug-likeness (QED) is 0.744. The van der Waals surface area contributed by atoms with Crippen molar-refractivity contribution in [2.24, 2.45) is 5.73 Å². The van der Waals surface area contributed by atoms with Crippen LogP contribution in [0.4, 0.5) is 5.69 Å². The van der Waals surface area contributed by atoms with Crippen LogP contribution < -0.4 is 15.4 Å². The van der Waals surface area contributed by atoms with Crippen molar-refractivity contribution in [3.05, 3.63) is 36.4 Å². The highest BCUT2D eigenvalue weighted by Crippen LogP contribution is 2.19. The maximum atomic E-state index is 5.54. The Morgan fingerprint density at radius 1 is 1.47 bits per heavy atom. The van der Waals surface area contributed by atoms with Crippen molar-refractivity contribution >= 4 is 5.69 Å². The van der Waals surface area contributed by atoms with Crippen molar-refractivity contribution in [1.82, 2.24) is 0 Å². The predicted octanol–water partition coefficient (Wildman–Crippen LogP) is 1.65. The van der Waals surface area contributed by atoms with E-state index in [2.05, 4.69) is 6.58 Å². The number of anilines is 1. The third kappa shape index (κ3) is 3.64. The van der Waals surface area contributed by atoms with Crippen molar-refractivity contribution in [3.63, 3.8) is 0 Å². The molecular weight excluding hydrogens is 188 g/mol. The van der Waals surface area contributed by atoms with Crippen LogP contribution >= 0.6 is 0 Å². The van der Waals surface area contributed by atoms with Crippen LogP contribution in [0.2, 0.25) is 0 Å². The van der Waals surface area contributed by atoms with Gasteiger partial charge in [0.15, 0.2) is 0 Å². The Balaban J connectivity index is 2.61. The highest BCUT2D eigenvalue weighted by atomic mass is 16.5. The van der Waals surface area contributed by atoms with Gasteiger partial charge in [-0.25, -0.2) is 0 Å². The first kappa shape index (κ1) is 11.6. The third-order valence-electron chi connectivity index (χ3n) is 2.07. The van der Waals surface area contributed by atoms with Gasteiger partial charge in [-0.15, -0.1) is 0 Å². The second kappa shape index (κ2) is 5.41. The van der Waals surface area contributed by atoms with Gasteiger partial charge in [0.1, 0.15) is 12.4 Å². The van der Waals surface area contributed by atoms with Crippen molar-refractivity contribution < 1.29 is 4.74 Å². The van der Waals surface area contributed by atoms with Gasteiger partial charge in [-0.05, 0) is 17.7 Å². The molecule has 0 aliphatic rings. The largest absolute Gasteiger partial charge is 0.489 e. The SMILES string of the molecule is C=C(CN)COc1cccc(N(C)C)c1. The van der Waals surface area contributed by atoms with Gasteiger partial charge in [0.25, 0.3) is 0 Å². The number of benzene rings is 1. The first-order valence-corrected chi connectivity index (χ1v) is 4.90. The smallest absolute Gasteiger partial charge is 0.121 e. The van der Waals surface area contributed by atoms with Crippen LogP contribution in [0.25, 0.3) is 0 Å². The van der Waals surface area contributed by atoms with Gasteiger partial charge in [-0.1, -0.05) is 12.6 Å². The zero-order valence-electron chi connectivity index (χ0n) is 9.36. The molecular formula is C12H18N2O. The summed E-state index contributed by atoms with van der Waals surface area (Å²) in [6, 6.07) is 7.92. The zero-order valence-corrected chi connectivity index (χ0v) is 9.36. The molecule has 0 aliphatic heterocycles. The molecule has 0 fully saturated rings. The number of nitrogens with two attached hydrogens (primary N) is 1. The summed E-state index contributed by atoms with van der Waals surface area (Å²) in [6.45, 7) is 4.73. The van der Waals surface area contributed by atoms with E-state index in [0.717, 1.165) is 17.0 Å². The summed E-state index contributed by atoms with van der Waals surface area (Å²) in [7, 11) is 4.00. The van der Waals surface area contributed by atoms with Gasteiger partial charge < -0.3 is 15.4 Å². The fourth-order valence-corrected chi connectivity index (χ4v) is 1.10. The van der Waals surface area contributed by atoms with Crippen molar-refractivity contribution in [3.8, 4) is 5.75 Å². The molecule has 0 spiro atoms. The molecule has 2 N–H and O–H groups in total. The van der Waals surface area contributed by atoms with E-state index in [9.17, 15) is 0 Å². The van der Waals surface area contributed by atoms with Crippen LogP contribution in [0.15, 0.2) is 36.4 Å². The average molecular weight is 206 g/mol. The normalized spacial score (nSPS) is 9.80. The number of hydrogen-bond donors (Lipinski definition) is 1. The number of ether oxygens (including phenoxy) is 1. The van der Waals surface area contributed by atoms with Gasteiger partial charge in [-0.3, -0.25) is 0 Å². The first-order chi connectivity index (χ1) is 7.13. The minimum absolute atomic E-state index is 0.466. The van der Waals surface area contributed by atoms with Crippen LogP contribution in [0, 0.1) is 0 Å². The van der Waals surface area contributed by atoms with Gasteiger partial charge in [0.05, 0.1) is 0 Å². The van der Waals surface area contributed by atoms with Gasteiger partial charge in [-0.2, -0.15) is 0 Å². The maximum Gasteiger partial charge on any atom is 0.121 e. The molecule has 0 unspecified atom stereocenters. The lowest BCUT2D eigenvalue weighted by Gasteiger charge is -2.14. The Morgan fingerprint density at radius 3 is 2.80 bits per heavy atom. The van der Waals surface area contributed by atoms with Crippen LogP contribution in [0.3, 0.4) is 0 Å². The molecule has 1 rings (SSSR count). The van der Waals surface area contributed by atoms with E-state index in [0.29, 0.717) is 13.2 Å². The third-order valence-corrected chi connectivity index (χ3v) is 2.07. The molecule has 0 aromatic heterocycles. The van der Waals surface area contributed by atoms with Crippen LogP contribution in [0.1, 0.15) is 0 Å². The minimum atomic E-state index is 0.466. The highest BCUT2D eigenvalue weighted by Gasteiger charge is 1.99. The summed E-state index contributed by atoms with van der Waals surface area (Å²) in [5.74, 6) is 0.843. The summed E-state index contributed by atoms with van der Waals surface area (Å²) in [5, 5.41) is 0. The molecule has 0 heterocycles. The molecule has 0 amide bonds. The zero-order chi connectivity index (χ0) is 11.3. The molecule has 0 atom stereocenters. The Morgan fingerprint density at radius 2 is 2.20 bits per heavy atom. The lowest BCUT2D eigenvalue weighted by molar-refractivity contribution is 0.351. The molecule has 0 saturated heterocycles. The molecule has 3 nitrogen and oxygen atoms in total. The summed E-state index contributed by atoms with van der Waals surface area (Å²) >= 11 is 0. The monoisotopic (exact) mass is 206 g/mol. The molecule has 1 aromatic rings. The van der Waals surface area contributed by atoms with Gasteiger partial charge >= 0.3 is 0 Å². The van der Waals surface area contributed by atoms with E-state index in [-0.39, 0.29) is 0 Å². The lowest BCUT2D eigenvalue weighted by atomic mass is 10.3. The highest BCUT2D eigenvalue weighted by molar-refractivity contribution is 5.49. The number of hydrogen-bond acceptors (Lipinski definition) is 3. The van der Waals surface area contributed by atoms with Crippen LogP contribution in [-0.2, 0) is 0 Å². The summed E-state index contributed by atoms with van der Waals surface area (Å²) in [4.78, 5) is 2.03. The summed E-state index contributed by atoms with van der Waals surface area (Å²) in [5.41, 5.74) is 7.44. The molecule has 0 radical (unpaired) electrons. The minimum Gasteiger partial charge on any atom is -0.489 e. The first-order valence-electron chi connectivity index (χ1n) is 4.90. The van der Waals surface area contributed by atoms with Crippen molar-refractivity contribution in [2.75, 3.05) is 32.1 Å². The van der Waals surface area contributed by atoms with Crippen LogP contribution in [0.5, 0.6) is 5.75 Å². The van der Waals surface area contributed by atoms with E-state index < -0.39 is 0 Å². The fraction of sp³-hybridized carbons (Fsp3) is 0.333. The molecule has 82 valence electrons. The topological polar surface area (TPSA) is 38.5 Å². The summed E-state index contributed by atoms with van der Waals surface area (Å²) in [6.07, 6.45) is 0. The van der Waals surface area contributed by atoms with E-state index in [1.54, 1.807) is 0 Å². The molecule has 0 bridgehead atoms. The lowest BCUT2D eigenvalue weighted by Crippen LogP contribution is -2.11. The van der Waals surface area contributed by atoms with Gasteiger partial charge in [0, 0.05) is 32.4 Å². The maximum absolute atomic E-state index is 5.54. The predicted molar refractivity (Wildman–Crippen MR) is 64.5 cm³/mol. The molecule has 0 aliphatic carbocycles. The van der Waals surface area contributed by atoms with Crippen molar-refractivity contribution in [1.29, 1.82) is 0 Å². The Kier molecular flexibility index (Phi) is 4.18. The van der Waals surface area contributed by atoms with E-state index in [1.807, 2.05) is 43.3 Å².